The molecule has 4 heteroatoms. The molecule has 1 fully saturated rings. The van der Waals surface area contributed by atoms with Crippen molar-refractivity contribution in [2.24, 2.45) is 0 Å². The van der Waals surface area contributed by atoms with Crippen LogP contribution in [0.15, 0.2) is 12.3 Å². The van der Waals surface area contributed by atoms with E-state index >= 15 is 0 Å². The van der Waals surface area contributed by atoms with E-state index in [-0.39, 0.29) is 0 Å². The number of hydrogen-bond donors (Lipinski definition) is 1. The first-order valence-corrected chi connectivity index (χ1v) is 7.73. The van der Waals surface area contributed by atoms with E-state index in [1.807, 2.05) is 10.9 Å². The summed E-state index contributed by atoms with van der Waals surface area (Å²) in [4.78, 5) is 0. The first-order valence-electron chi connectivity index (χ1n) is 7.73. The SMILES string of the molecule is CCn1nccc1CNCCCOC1CCCCC1. The molecule has 1 heterocycles. The number of aryl methyl sites for hydroxylation is 1. The molecule has 0 atom stereocenters. The van der Waals surface area contributed by atoms with Gasteiger partial charge in [-0.3, -0.25) is 4.68 Å². The highest BCUT2D eigenvalue weighted by molar-refractivity contribution is 4.99. The summed E-state index contributed by atoms with van der Waals surface area (Å²) in [5, 5.41) is 7.72. The number of ether oxygens (including phenoxy) is 1. The van der Waals surface area contributed by atoms with Crippen LogP contribution < -0.4 is 5.32 Å². The van der Waals surface area contributed by atoms with Crippen molar-refractivity contribution in [3.8, 4) is 0 Å². The fraction of sp³-hybridized carbons (Fsp3) is 0.800. The Bertz CT molecular complexity index is 345. The predicted octanol–water partition coefficient (Wildman–Crippen LogP) is 2.73. The lowest BCUT2D eigenvalue weighted by atomic mass is 9.98. The molecule has 4 nitrogen and oxygen atoms in total. The average Bonchev–Trinajstić information content (AvgIpc) is 2.91. The van der Waals surface area contributed by atoms with E-state index in [9.17, 15) is 0 Å². The monoisotopic (exact) mass is 265 g/mol. The van der Waals surface area contributed by atoms with Crippen LogP contribution in [-0.2, 0) is 17.8 Å². The highest BCUT2D eigenvalue weighted by atomic mass is 16.5. The molecule has 1 aliphatic rings. The van der Waals surface area contributed by atoms with Crippen LogP contribution in [0.3, 0.4) is 0 Å². The Kier molecular flexibility index (Phi) is 6.37. The van der Waals surface area contributed by atoms with Gasteiger partial charge in [-0.1, -0.05) is 19.3 Å². The van der Waals surface area contributed by atoms with Gasteiger partial charge in [-0.2, -0.15) is 5.10 Å². The molecular formula is C15H27N3O. The number of hydrogen-bond acceptors (Lipinski definition) is 3. The number of nitrogens with zero attached hydrogens (tertiary/aromatic N) is 2. The summed E-state index contributed by atoms with van der Waals surface area (Å²) in [6.07, 6.45) is 10.1. The Hall–Kier alpha value is -0.870. The molecule has 0 bridgehead atoms. The summed E-state index contributed by atoms with van der Waals surface area (Å²) < 4.78 is 7.94. The van der Waals surface area contributed by atoms with Crippen molar-refractivity contribution in [3.05, 3.63) is 18.0 Å². The predicted molar refractivity (Wildman–Crippen MR) is 77.0 cm³/mol. The van der Waals surface area contributed by atoms with E-state index in [1.165, 1.54) is 37.8 Å². The van der Waals surface area contributed by atoms with Gasteiger partial charge in [-0.15, -0.1) is 0 Å². The molecule has 1 aromatic heterocycles. The lowest BCUT2D eigenvalue weighted by molar-refractivity contribution is 0.0273. The molecule has 108 valence electrons. The standard InChI is InChI=1S/C15H27N3O/c1-2-18-14(9-11-17-18)13-16-10-6-12-19-15-7-4-3-5-8-15/h9,11,15-16H,2-8,10,12-13H2,1H3. The Morgan fingerprint density at radius 3 is 3.00 bits per heavy atom. The Morgan fingerprint density at radius 1 is 1.37 bits per heavy atom. The van der Waals surface area contributed by atoms with Gasteiger partial charge in [-0.05, 0) is 38.8 Å². The van der Waals surface area contributed by atoms with Crippen LogP contribution in [0, 0.1) is 0 Å². The third-order valence-corrected chi connectivity index (χ3v) is 3.81. The zero-order valence-electron chi connectivity index (χ0n) is 12.1. The van der Waals surface area contributed by atoms with Gasteiger partial charge in [0.1, 0.15) is 0 Å². The zero-order valence-corrected chi connectivity index (χ0v) is 12.1. The first kappa shape index (κ1) is 14.5. The highest BCUT2D eigenvalue weighted by Crippen LogP contribution is 2.20. The maximum Gasteiger partial charge on any atom is 0.0575 e. The third kappa shape index (κ3) is 4.96. The molecule has 0 aliphatic heterocycles. The molecular weight excluding hydrogens is 238 g/mol. The number of nitrogens with one attached hydrogen (secondary N) is 1. The molecule has 1 saturated carbocycles. The first-order chi connectivity index (χ1) is 9.40. The van der Waals surface area contributed by atoms with Gasteiger partial charge < -0.3 is 10.1 Å². The van der Waals surface area contributed by atoms with Gasteiger partial charge >= 0.3 is 0 Å². The van der Waals surface area contributed by atoms with Gasteiger partial charge in [0.15, 0.2) is 0 Å². The maximum atomic E-state index is 5.91. The molecule has 2 rings (SSSR count). The summed E-state index contributed by atoms with van der Waals surface area (Å²) in [5.41, 5.74) is 1.26. The van der Waals surface area contributed by atoms with Gasteiger partial charge in [0, 0.05) is 25.9 Å². The summed E-state index contributed by atoms with van der Waals surface area (Å²) in [7, 11) is 0. The minimum atomic E-state index is 0.537. The second kappa shape index (κ2) is 8.33. The molecule has 0 spiro atoms. The molecule has 0 unspecified atom stereocenters. The zero-order chi connectivity index (χ0) is 13.3. The highest BCUT2D eigenvalue weighted by Gasteiger charge is 2.12. The Balaban J connectivity index is 1.50. The van der Waals surface area contributed by atoms with E-state index in [1.54, 1.807) is 0 Å². The van der Waals surface area contributed by atoms with Crippen molar-refractivity contribution in [1.29, 1.82) is 0 Å². The van der Waals surface area contributed by atoms with Crippen molar-refractivity contribution in [3.63, 3.8) is 0 Å². The fourth-order valence-electron chi connectivity index (χ4n) is 2.69. The van der Waals surface area contributed by atoms with Crippen LogP contribution in [0.25, 0.3) is 0 Å². The number of aromatic nitrogens is 2. The Labute approximate surface area is 116 Å². The molecule has 0 saturated heterocycles. The molecule has 1 aliphatic carbocycles. The maximum absolute atomic E-state index is 5.91. The normalized spacial score (nSPS) is 16.9. The van der Waals surface area contributed by atoms with Gasteiger partial charge in [0.05, 0.1) is 11.8 Å². The van der Waals surface area contributed by atoms with Crippen molar-refractivity contribution in [2.45, 2.75) is 64.6 Å². The summed E-state index contributed by atoms with van der Waals surface area (Å²) in [5.74, 6) is 0. The molecule has 0 aromatic carbocycles. The van der Waals surface area contributed by atoms with E-state index < -0.39 is 0 Å². The van der Waals surface area contributed by atoms with Crippen LogP contribution in [0.4, 0.5) is 0 Å². The quantitative estimate of drug-likeness (QED) is 0.735. The van der Waals surface area contributed by atoms with Crippen LogP contribution in [-0.4, -0.2) is 29.0 Å². The molecule has 1 aromatic rings. The molecule has 1 N–H and O–H groups in total. The van der Waals surface area contributed by atoms with Gasteiger partial charge in [0.2, 0.25) is 0 Å². The Morgan fingerprint density at radius 2 is 2.21 bits per heavy atom. The second-order valence-electron chi connectivity index (χ2n) is 5.30. The topological polar surface area (TPSA) is 39.1 Å². The summed E-state index contributed by atoms with van der Waals surface area (Å²) in [6.45, 7) is 5.87. The van der Waals surface area contributed by atoms with E-state index in [0.717, 1.165) is 32.7 Å². The van der Waals surface area contributed by atoms with Crippen molar-refractivity contribution in [1.82, 2.24) is 15.1 Å². The molecule has 19 heavy (non-hydrogen) atoms. The lowest BCUT2D eigenvalue weighted by Gasteiger charge is -2.21. The number of rotatable bonds is 8. The third-order valence-electron chi connectivity index (χ3n) is 3.81. The largest absolute Gasteiger partial charge is 0.378 e. The lowest BCUT2D eigenvalue weighted by Crippen LogP contribution is -2.21. The minimum Gasteiger partial charge on any atom is -0.378 e. The van der Waals surface area contributed by atoms with Gasteiger partial charge in [-0.25, -0.2) is 0 Å². The summed E-state index contributed by atoms with van der Waals surface area (Å²) in [6, 6.07) is 2.08. The van der Waals surface area contributed by atoms with Crippen LogP contribution >= 0.6 is 0 Å². The molecule has 0 radical (unpaired) electrons. The van der Waals surface area contributed by atoms with Crippen LogP contribution in [0.1, 0.15) is 51.1 Å². The van der Waals surface area contributed by atoms with Crippen molar-refractivity contribution in [2.75, 3.05) is 13.2 Å². The smallest absolute Gasteiger partial charge is 0.0575 e. The van der Waals surface area contributed by atoms with E-state index in [4.69, 9.17) is 4.74 Å². The second-order valence-corrected chi connectivity index (χ2v) is 5.30. The van der Waals surface area contributed by atoms with E-state index in [0.29, 0.717) is 6.10 Å². The van der Waals surface area contributed by atoms with Crippen molar-refractivity contribution < 1.29 is 4.74 Å². The van der Waals surface area contributed by atoms with Crippen LogP contribution in [0.2, 0.25) is 0 Å². The summed E-state index contributed by atoms with van der Waals surface area (Å²) >= 11 is 0. The fourth-order valence-corrected chi connectivity index (χ4v) is 2.69. The average molecular weight is 265 g/mol. The molecule has 0 amide bonds. The van der Waals surface area contributed by atoms with E-state index in [2.05, 4.69) is 23.4 Å². The van der Waals surface area contributed by atoms with Crippen LogP contribution in [0.5, 0.6) is 0 Å². The van der Waals surface area contributed by atoms with Gasteiger partial charge in [0.25, 0.3) is 0 Å². The minimum absolute atomic E-state index is 0.537. The van der Waals surface area contributed by atoms with Crippen molar-refractivity contribution >= 4 is 0 Å².